The summed E-state index contributed by atoms with van der Waals surface area (Å²) in [5.41, 5.74) is 6.52. The smallest absolute Gasteiger partial charge is 0.00446 e. The van der Waals surface area contributed by atoms with Gasteiger partial charge in [-0.1, -0.05) is 6.42 Å². The van der Waals surface area contributed by atoms with Gasteiger partial charge in [0.1, 0.15) is 0 Å². The molecule has 1 aliphatic carbocycles. The third kappa shape index (κ3) is 1.72. The Morgan fingerprint density at radius 3 is 2.50 bits per heavy atom. The fourth-order valence-electron chi connectivity index (χ4n) is 1.27. The lowest BCUT2D eigenvalue weighted by atomic mass is 9.96. The molecule has 0 amide bonds. The molecule has 1 aliphatic rings. The van der Waals surface area contributed by atoms with Crippen LogP contribution in [0.2, 0.25) is 0 Å². The molecule has 2 heteroatoms. The van der Waals surface area contributed by atoms with Gasteiger partial charge in [0.15, 0.2) is 0 Å². The van der Waals surface area contributed by atoms with E-state index in [1.54, 1.807) is 0 Å². The van der Waals surface area contributed by atoms with Gasteiger partial charge in [-0.15, -0.1) is 9.24 Å². The van der Waals surface area contributed by atoms with Gasteiger partial charge in [-0.25, -0.2) is 0 Å². The maximum absolute atomic E-state index is 5.71. The molecule has 0 heterocycles. The van der Waals surface area contributed by atoms with Crippen molar-refractivity contribution < 1.29 is 0 Å². The highest BCUT2D eigenvalue weighted by Gasteiger charge is 2.14. The monoisotopic (exact) mass is 131 g/mol. The first kappa shape index (κ1) is 6.51. The number of hydrogen-bond donors (Lipinski definition) is 1. The standard InChI is InChI=1S/C6H14NP/c7-5-2-1-3-6(8)4-5/h5-6H,1-4,7-8H2. The van der Waals surface area contributed by atoms with E-state index in [1.165, 1.54) is 25.7 Å². The van der Waals surface area contributed by atoms with Gasteiger partial charge in [-0.05, 0) is 24.9 Å². The van der Waals surface area contributed by atoms with Crippen LogP contribution >= 0.6 is 9.24 Å². The Hall–Kier alpha value is 0.390. The van der Waals surface area contributed by atoms with E-state index in [0.29, 0.717) is 6.04 Å². The van der Waals surface area contributed by atoms with Crippen LogP contribution in [0, 0.1) is 0 Å². The summed E-state index contributed by atoms with van der Waals surface area (Å²) in [5, 5.41) is 0. The van der Waals surface area contributed by atoms with Crippen LogP contribution in [0.5, 0.6) is 0 Å². The SMILES string of the molecule is NC1CCCC(P)C1. The van der Waals surface area contributed by atoms with Gasteiger partial charge < -0.3 is 5.73 Å². The minimum Gasteiger partial charge on any atom is -0.328 e. The Kier molecular flexibility index (Phi) is 2.27. The minimum atomic E-state index is 0.492. The summed E-state index contributed by atoms with van der Waals surface area (Å²) < 4.78 is 0. The molecule has 0 aromatic heterocycles. The van der Waals surface area contributed by atoms with Gasteiger partial charge >= 0.3 is 0 Å². The van der Waals surface area contributed by atoms with Crippen LogP contribution in [0.1, 0.15) is 25.7 Å². The van der Waals surface area contributed by atoms with E-state index in [9.17, 15) is 0 Å². The summed E-state index contributed by atoms with van der Waals surface area (Å²) >= 11 is 0. The van der Waals surface area contributed by atoms with Crippen molar-refractivity contribution >= 4 is 9.24 Å². The molecule has 0 aromatic carbocycles. The van der Waals surface area contributed by atoms with Crippen molar-refractivity contribution in [3.63, 3.8) is 0 Å². The Balaban J connectivity index is 2.23. The van der Waals surface area contributed by atoms with Crippen LogP contribution in [0.3, 0.4) is 0 Å². The van der Waals surface area contributed by atoms with Crippen LogP contribution in [-0.4, -0.2) is 11.7 Å². The van der Waals surface area contributed by atoms with Crippen molar-refractivity contribution in [2.24, 2.45) is 5.73 Å². The van der Waals surface area contributed by atoms with E-state index in [2.05, 4.69) is 9.24 Å². The molecule has 3 unspecified atom stereocenters. The third-order valence-electron chi connectivity index (χ3n) is 1.76. The van der Waals surface area contributed by atoms with E-state index in [1.807, 2.05) is 0 Å². The van der Waals surface area contributed by atoms with E-state index >= 15 is 0 Å². The van der Waals surface area contributed by atoms with Gasteiger partial charge in [0, 0.05) is 6.04 Å². The van der Waals surface area contributed by atoms with Crippen molar-refractivity contribution in [2.75, 3.05) is 0 Å². The second-order valence-corrected chi connectivity index (χ2v) is 3.63. The lowest BCUT2D eigenvalue weighted by Crippen LogP contribution is -2.27. The summed E-state index contributed by atoms with van der Waals surface area (Å²) in [5.74, 6) is 0. The average molecular weight is 131 g/mol. The number of hydrogen-bond acceptors (Lipinski definition) is 1. The fourth-order valence-corrected chi connectivity index (χ4v) is 1.85. The first-order valence-electron chi connectivity index (χ1n) is 3.30. The molecule has 0 spiro atoms. The van der Waals surface area contributed by atoms with Crippen molar-refractivity contribution in [1.29, 1.82) is 0 Å². The molecule has 0 aliphatic heterocycles. The Morgan fingerprint density at radius 1 is 1.38 bits per heavy atom. The number of rotatable bonds is 0. The molecule has 0 radical (unpaired) electrons. The van der Waals surface area contributed by atoms with Crippen LogP contribution in [0.25, 0.3) is 0 Å². The Bertz CT molecular complexity index is 66.9. The molecule has 1 fully saturated rings. The topological polar surface area (TPSA) is 26.0 Å². The summed E-state index contributed by atoms with van der Waals surface area (Å²) in [4.78, 5) is 0. The van der Waals surface area contributed by atoms with E-state index in [-0.39, 0.29) is 0 Å². The maximum atomic E-state index is 5.71. The maximum Gasteiger partial charge on any atom is 0.00446 e. The summed E-state index contributed by atoms with van der Waals surface area (Å²) in [6.07, 6.45) is 5.14. The molecule has 2 N–H and O–H groups in total. The fraction of sp³-hybridized carbons (Fsp3) is 1.00. The molecular weight excluding hydrogens is 117 g/mol. The molecule has 0 bridgehead atoms. The molecule has 0 aromatic rings. The lowest BCUT2D eigenvalue weighted by molar-refractivity contribution is 0.451. The zero-order valence-electron chi connectivity index (χ0n) is 5.14. The Labute approximate surface area is 53.2 Å². The van der Waals surface area contributed by atoms with Crippen molar-refractivity contribution in [3.05, 3.63) is 0 Å². The summed E-state index contributed by atoms with van der Waals surface area (Å²) in [6.45, 7) is 0. The zero-order chi connectivity index (χ0) is 5.98. The van der Waals surface area contributed by atoms with Gasteiger partial charge in [0.25, 0.3) is 0 Å². The molecule has 0 saturated heterocycles. The first-order valence-corrected chi connectivity index (χ1v) is 3.97. The van der Waals surface area contributed by atoms with Crippen molar-refractivity contribution in [1.82, 2.24) is 0 Å². The van der Waals surface area contributed by atoms with Gasteiger partial charge in [0.05, 0.1) is 0 Å². The van der Waals surface area contributed by atoms with Gasteiger partial charge in [-0.3, -0.25) is 0 Å². The molecule has 1 nitrogen and oxygen atoms in total. The second kappa shape index (κ2) is 2.80. The number of nitrogens with two attached hydrogens (primary N) is 1. The third-order valence-corrected chi connectivity index (χ3v) is 2.36. The van der Waals surface area contributed by atoms with Crippen LogP contribution < -0.4 is 5.73 Å². The molecule has 8 heavy (non-hydrogen) atoms. The minimum absolute atomic E-state index is 0.492. The van der Waals surface area contributed by atoms with Crippen LogP contribution in [0.15, 0.2) is 0 Å². The normalized spacial score (nSPS) is 39.8. The highest BCUT2D eigenvalue weighted by molar-refractivity contribution is 7.17. The van der Waals surface area contributed by atoms with Crippen LogP contribution in [-0.2, 0) is 0 Å². The quantitative estimate of drug-likeness (QED) is 0.490. The van der Waals surface area contributed by atoms with Gasteiger partial charge in [0.2, 0.25) is 0 Å². The molecule has 48 valence electrons. The van der Waals surface area contributed by atoms with Crippen molar-refractivity contribution in [3.8, 4) is 0 Å². The molecule has 1 saturated carbocycles. The average Bonchev–Trinajstić information content (AvgIpc) is 1.64. The van der Waals surface area contributed by atoms with Crippen molar-refractivity contribution in [2.45, 2.75) is 37.4 Å². The molecular formula is C6H14NP. The molecule has 3 atom stereocenters. The largest absolute Gasteiger partial charge is 0.328 e. The summed E-state index contributed by atoms with van der Waals surface area (Å²) in [6, 6.07) is 0.492. The van der Waals surface area contributed by atoms with Crippen LogP contribution in [0.4, 0.5) is 0 Å². The predicted molar refractivity (Wildman–Crippen MR) is 39.9 cm³/mol. The first-order chi connectivity index (χ1) is 3.79. The lowest BCUT2D eigenvalue weighted by Gasteiger charge is -2.22. The summed E-state index contributed by atoms with van der Waals surface area (Å²) in [7, 11) is 2.85. The predicted octanol–water partition coefficient (Wildman–Crippen LogP) is 1.13. The zero-order valence-corrected chi connectivity index (χ0v) is 6.29. The highest BCUT2D eigenvalue weighted by Crippen LogP contribution is 2.22. The highest BCUT2D eigenvalue weighted by atomic mass is 31.0. The van der Waals surface area contributed by atoms with E-state index in [0.717, 1.165) is 5.66 Å². The molecule has 1 rings (SSSR count). The Morgan fingerprint density at radius 2 is 2.12 bits per heavy atom. The van der Waals surface area contributed by atoms with E-state index in [4.69, 9.17) is 5.73 Å². The van der Waals surface area contributed by atoms with Gasteiger partial charge in [-0.2, -0.15) is 0 Å². The second-order valence-electron chi connectivity index (χ2n) is 2.69. The van der Waals surface area contributed by atoms with E-state index < -0.39 is 0 Å².